The fourth-order valence-electron chi connectivity index (χ4n) is 14.2. The second kappa shape index (κ2) is 15.6. The van der Waals surface area contributed by atoms with Crippen molar-refractivity contribution >= 4 is 5.97 Å². The van der Waals surface area contributed by atoms with Crippen LogP contribution in [-0.2, 0) is 9.53 Å². The van der Waals surface area contributed by atoms with Gasteiger partial charge in [-0.25, -0.2) is 0 Å². The Bertz CT molecular complexity index is 1130. The van der Waals surface area contributed by atoms with Crippen LogP contribution in [0, 0.1) is 56.7 Å². The van der Waals surface area contributed by atoms with E-state index in [2.05, 4.69) is 62.0 Å². The van der Waals surface area contributed by atoms with E-state index in [1.165, 1.54) is 108 Å². The lowest BCUT2D eigenvalue weighted by Gasteiger charge is -2.73. The van der Waals surface area contributed by atoms with E-state index in [1.807, 2.05) is 0 Å². The first-order chi connectivity index (χ1) is 23.2. The quantitative estimate of drug-likeness (QED) is 0.100. The van der Waals surface area contributed by atoms with Crippen molar-refractivity contribution < 1.29 is 14.6 Å². The van der Waals surface area contributed by atoms with Gasteiger partial charge in [0.1, 0.15) is 6.10 Å². The summed E-state index contributed by atoms with van der Waals surface area (Å²) >= 11 is 0. The lowest BCUT2D eigenvalue weighted by molar-refractivity contribution is -0.264. The molecule has 5 aliphatic carbocycles. The van der Waals surface area contributed by atoms with Gasteiger partial charge >= 0.3 is 5.97 Å². The number of rotatable bonds is 16. The van der Waals surface area contributed by atoms with Gasteiger partial charge in [0.05, 0.1) is 6.10 Å². The number of carbonyl (C=O) groups is 1. The highest BCUT2D eigenvalue weighted by molar-refractivity contribution is 5.69. The molecule has 5 fully saturated rings. The van der Waals surface area contributed by atoms with E-state index in [4.69, 9.17) is 4.74 Å². The predicted molar refractivity (Wildman–Crippen MR) is 206 cm³/mol. The fourth-order valence-corrected chi connectivity index (χ4v) is 14.2. The summed E-state index contributed by atoms with van der Waals surface area (Å²) in [6.07, 6.45) is 28.1. The molecule has 0 bridgehead atoms. The molecular weight excluding hydrogens is 601 g/mol. The Hall–Kier alpha value is -0.830. The maximum absolute atomic E-state index is 13.7. The highest BCUT2D eigenvalue weighted by Gasteiger charge is 2.72. The molecule has 49 heavy (non-hydrogen) atoms. The number of unbranched alkanes of at least 4 members (excludes halogenated alkanes) is 12. The summed E-state index contributed by atoms with van der Waals surface area (Å²) in [7, 11) is 0. The van der Waals surface area contributed by atoms with Crippen LogP contribution in [0.5, 0.6) is 0 Å². The van der Waals surface area contributed by atoms with Gasteiger partial charge in [0.25, 0.3) is 0 Å². The SMILES string of the molecule is C=C(C)[C@@H]1CC[C@@]2(C)[C@H]1[C@H]1CC[C@@H]3[C@@]4(C)CC[C@H](O)C(C)(C)[C@@H]4CC[C@@]3(C)[C@]1(C)C[C@@H]2OC(=O)CCCCCCCCCCCCCCC. The summed E-state index contributed by atoms with van der Waals surface area (Å²) in [5, 5.41) is 11.1. The molecule has 282 valence electrons. The number of carbonyl (C=O) groups excluding carboxylic acids is 1. The zero-order valence-electron chi connectivity index (χ0n) is 33.8. The van der Waals surface area contributed by atoms with Crippen molar-refractivity contribution in [3.63, 3.8) is 0 Å². The van der Waals surface area contributed by atoms with E-state index in [1.54, 1.807) is 0 Å². The number of aliphatic hydroxyl groups excluding tert-OH is 1. The van der Waals surface area contributed by atoms with Gasteiger partial charge in [-0.1, -0.05) is 138 Å². The normalized spacial score (nSPS) is 42.4. The molecule has 0 aromatic heterocycles. The Morgan fingerprint density at radius 1 is 0.694 bits per heavy atom. The zero-order chi connectivity index (χ0) is 35.7. The smallest absolute Gasteiger partial charge is 0.306 e. The molecule has 3 nitrogen and oxygen atoms in total. The third-order valence-electron chi connectivity index (χ3n) is 17.3. The number of hydrogen-bond acceptors (Lipinski definition) is 3. The van der Waals surface area contributed by atoms with Crippen LogP contribution in [0.4, 0.5) is 0 Å². The van der Waals surface area contributed by atoms with Crippen LogP contribution >= 0.6 is 0 Å². The highest BCUT2D eigenvalue weighted by atomic mass is 16.5. The summed E-state index contributed by atoms with van der Waals surface area (Å²) in [6.45, 7) is 24.3. The number of esters is 1. The van der Waals surface area contributed by atoms with Crippen molar-refractivity contribution in [2.24, 2.45) is 56.7 Å². The molecule has 0 aromatic rings. The largest absolute Gasteiger partial charge is 0.462 e. The number of fused-ring (bicyclic) bond motifs is 7. The molecule has 0 aliphatic heterocycles. The summed E-state index contributed by atoms with van der Waals surface area (Å²) in [6, 6.07) is 0. The lowest BCUT2D eigenvalue weighted by atomic mass is 9.32. The molecule has 0 aromatic carbocycles. The van der Waals surface area contributed by atoms with Crippen LogP contribution < -0.4 is 0 Å². The van der Waals surface area contributed by atoms with Gasteiger partial charge in [-0.2, -0.15) is 0 Å². The number of allylic oxidation sites excluding steroid dienone is 1. The minimum absolute atomic E-state index is 0.00305. The van der Waals surface area contributed by atoms with Crippen LogP contribution in [0.25, 0.3) is 0 Å². The summed E-state index contributed by atoms with van der Waals surface area (Å²) in [5.41, 5.74) is 1.96. The van der Waals surface area contributed by atoms with E-state index < -0.39 is 0 Å². The van der Waals surface area contributed by atoms with Crippen molar-refractivity contribution in [2.45, 2.75) is 215 Å². The van der Waals surface area contributed by atoms with Crippen LogP contribution in [0.2, 0.25) is 0 Å². The molecule has 5 rings (SSSR count). The molecule has 1 N–H and O–H groups in total. The van der Waals surface area contributed by atoms with Crippen molar-refractivity contribution in [1.82, 2.24) is 0 Å². The van der Waals surface area contributed by atoms with Crippen LogP contribution in [0.3, 0.4) is 0 Å². The van der Waals surface area contributed by atoms with Crippen LogP contribution in [0.15, 0.2) is 12.2 Å². The molecule has 3 heteroatoms. The molecule has 0 spiro atoms. The maximum Gasteiger partial charge on any atom is 0.306 e. The molecule has 0 saturated heterocycles. The van der Waals surface area contributed by atoms with Crippen LogP contribution in [-0.4, -0.2) is 23.3 Å². The van der Waals surface area contributed by atoms with Crippen molar-refractivity contribution in [3.8, 4) is 0 Å². The van der Waals surface area contributed by atoms with E-state index in [0.29, 0.717) is 36.0 Å². The summed E-state index contributed by atoms with van der Waals surface area (Å²) < 4.78 is 6.76. The first kappa shape index (κ1) is 39.4. The van der Waals surface area contributed by atoms with Gasteiger partial charge in [-0.3, -0.25) is 4.79 Å². The topological polar surface area (TPSA) is 46.5 Å². The third kappa shape index (κ3) is 7.26. The minimum Gasteiger partial charge on any atom is -0.462 e. The zero-order valence-corrected chi connectivity index (χ0v) is 33.8. The van der Waals surface area contributed by atoms with Gasteiger partial charge < -0.3 is 9.84 Å². The average molecular weight is 681 g/mol. The predicted octanol–water partition coefficient (Wildman–Crippen LogP) is 13.0. The standard InChI is InChI=1S/C46H80O3/c1-10-11-12-13-14-15-16-17-18-19-20-21-22-23-40(48)49-39-32-46(9)35(41-34(33(2)3)26-29-44(39,41)7)24-25-37-43(6)30-28-38(47)42(4,5)36(43)27-31-45(37,46)8/h34-39,41,47H,2,10-32H2,1,3-9H3/t34-,35+,36-,37+,38-,39-,41+,43-,44+,45+,46+/m0/s1. The summed E-state index contributed by atoms with van der Waals surface area (Å²) in [5.74, 6) is 3.02. The molecular formula is C46H80O3. The second-order valence-electron chi connectivity index (χ2n) is 20.2. The maximum atomic E-state index is 13.7. The molecule has 11 atom stereocenters. The molecule has 5 saturated carbocycles. The Morgan fingerprint density at radius 3 is 1.86 bits per heavy atom. The van der Waals surface area contributed by atoms with Gasteiger partial charge in [-0.05, 0) is 122 Å². The average Bonchev–Trinajstić information content (AvgIpc) is 3.41. The Balaban J connectivity index is 1.22. The minimum atomic E-state index is -0.189. The van der Waals surface area contributed by atoms with E-state index in [0.717, 1.165) is 38.5 Å². The first-order valence-electron chi connectivity index (χ1n) is 21.7. The second-order valence-corrected chi connectivity index (χ2v) is 20.2. The van der Waals surface area contributed by atoms with E-state index >= 15 is 0 Å². The fraction of sp³-hybridized carbons (Fsp3) is 0.935. The monoisotopic (exact) mass is 681 g/mol. The Morgan fingerprint density at radius 2 is 1.27 bits per heavy atom. The van der Waals surface area contributed by atoms with Gasteiger partial charge in [0.15, 0.2) is 0 Å². The number of ether oxygens (including phenoxy) is 1. The molecule has 5 aliphatic rings. The van der Waals surface area contributed by atoms with E-state index in [-0.39, 0.29) is 45.3 Å². The molecule has 0 amide bonds. The van der Waals surface area contributed by atoms with Crippen molar-refractivity contribution in [1.29, 1.82) is 0 Å². The van der Waals surface area contributed by atoms with Crippen LogP contribution in [0.1, 0.15) is 203 Å². The first-order valence-corrected chi connectivity index (χ1v) is 21.7. The van der Waals surface area contributed by atoms with E-state index in [9.17, 15) is 9.90 Å². The van der Waals surface area contributed by atoms with Gasteiger partial charge in [0, 0.05) is 11.8 Å². The van der Waals surface area contributed by atoms with Gasteiger partial charge in [-0.15, -0.1) is 0 Å². The Kier molecular flexibility index (Phi) is 12.6. The molecule has 0 unspecified atom stereocenters. The third-order valence-corrected chi connectivity index (χ3v) is 17.3. The molecule has 0 radical (unpaired) electrons. The highest BCUT2D eigenvalue weighted by Crippen LogP contribution is 2.77. The van der Waals surface area contributed by atoms with Crippen molar-refractivity contribution in [2.75, 3.05) is 0 Å². The Labute approximate surface area is 304 Å². The number of aliphatic hydroxyl groups is 1. The molecule has 0 heterocycles. The van der Waals surface area contributed by atoms with Gasteiger partial charge in [0.2, 0.25) is 0 Å². The summed E-state index contributed by atoms with van der Waals surface area (Å²) in [4.78, 5) is 13.7. The number of hydrogen-bond donors (Lipinski definition) is 1. The van der Waals surface area contributed by atoms with Crippen molar-refractivity contribution in [3.05, 3.63) is 12.2 Å². The lowest BCUT2D eigenvalue weighted by Crippen LogP contribution is -2.68.